The van der Waals surface area contributed by atoms with Gasteiger partial charge in [0.25, 0.3) is 0 Å². The summed E-state index contributed by atoms with van der Waals surface area (Å²) in [6.45, 7) is 9.69. The van der Waals surface area contributed by atoms with Crippen LogP contribution in [-0.4, -0.2) is 52.1 Å². The van der Waals surface area contributed by atoms with Gasteiger partial charge in [0.05, 0.1) is 11.9 Å². The monoisotopic (exact) mass is 294 g/mol. The minimum absolute atomic E-state index is 0.0416. The van der Waals surface area contributed by atoms with Crippen LogP contribution >= 0.6 is 0 Å². The summed E-state index contributed by atoms with van der Waals surface area (Å²) in [5.74, 6) is -0.375. The molecule has 1 atom stereocenters. The molecule has 1 rings (SSSR count). The summed E-state index contributed by atoms with van der Waals surface area (Å²) in [6, 6.07) is 0.505. The van der Waals surface area contributed by atoms with E-state index in [1.165, 1.54) is 0 Å². The van der Waals surface area contributed by atoms with Crippen molar-refractivity contribution in [3.05, 3.63) is 17.7 Å². The first-order chi connectivity index (χ1) is 9.86. The Balaban J connectivity index is 2.72. The molecule has 6 heteroatoms. The molecule has 0 saturated heterocycles. The number of aromatic nitrogens is 2. The summed E-state index contributed by atoms with van der Waals surface area (Å²) in [4.78, 5) is 21.9. The number of carbonyl (C=O) groups is 1. The first kappa shape index (κ1) is 17.4. The van der Waals surface area contributed by atoms with Gasteiger partial charge in [-0.25, -0.2) is 14.8 Å². The SMILES string of the molecule is CCC(C)N(C)CCNc1cnc(C(C)C)nc1C(=O)O. The highest BCUT2D eigenvalue weighted by atomic mass is 16.4. The molecule has 6 nitrogen and oxygen atoms in total. The van der Waals surface area contributed by atoms with E-state index in [1.807, 2.05) is 13.8 Å². The second-order valence-corrected chi connectivity index (χ2v) is 5.61. The van der Waals surface area contributed by atoms with Crippen LogP contribution in [0.1, 0.15) is 56.3 Å². The summed E-state index contributed by atoms with van der Waals surface area (Å²) in [5.41, 5.74) is 0.518. The zero-order valence-corrected chi connectivity index (χ0v) is 13.6. The lowest BCUT2D eigenvalue weighted by molar-refractivity contribution is 0.0691. The maximum Gasteiger partial charge on any atom is 0.356 e. The Labute approximate surface area is 126 Å². The smallest absolute Gasteiger partial charge is 0.356 e. The van der Waals surface area contributed by atoms with Gasteiger partial charge in [0.1, 0.15) is 5.82 Å². The molecule has 1 aromatic rings. The van der Waals surface area contributed by atoms with Crippen molar-refractivity contribution in [2.45, 2.75) is 46.1 Å². The molecule has 0 aliphatic carbocycles. The Morgan fingerprint density at radius 1 is 1.43 bits per heavy atom. The fourth-order valence-corrected chi connectivity index (χ4v) is 1.87. The summed E-state index contributed by atoms with van der Waals surface area (Å²) in [5, 5.41) is 12.4. The molecular formula is C15H26N4O2. The van der Waals surface area contributed by atoms with Gasteiger partial charge in [0.15, 0.2) is 5.69 Å². The van der Waals surface area contributed by atoms with Crippen molar-refractivity contribution in [1.82, 2.24) is 14.9 Å². The summed E-state index contributed by atoms with van der Waals surface area (Å²) in [7, 11) is 2.06. The van der Waals surface area contributed by atoms with Gasteiger partial charge >= 0.3 is 5.97 Å². The molecule has 2 N–H and O–H groups in total. The zero-order chi connectivity index (χ0) is 16.0. The van der Waals surface area contributed by atoms with Crippen LogP contribution in [0.25, 0.3) is 0 Å². The third-order valence-electron chi connectivity index (χ3n) is 3.65. The van der Waals surface area contributed by atoms with Crippen molar-refractivity contribution in [3.8, 4) is 0 Å². The van der Waals surface area contributed by atoms with E-state index >= 15 is 0 Å². The van der Waals surface area contributed by atoms with Crippen LogP contribution in [0, 0.1) is 0 Å². The van der Waals surface area contributed by atoms with Gasteiger partial charge in [-0.3, -0.25) is 0 Å². The molecule has 0 bridgehead atoms. The lowest BCUT2D eigenvalue weighted by atomic mass is 10.2. The Kier molecular flexibility index (Phi) is 6.55. The average Bonchev–Trinajstić information content (AvgIpc) is 2.45. The van der Waals surface area contributed by atoms with Crippen LogP contribution in [-0.2, 0) is 0 Å². The molecule has 0 aliphatic heterocycles. The highest BCUT2D eigenvalue weighted by molar-refractivity contribution is 5.91. The molecule has 0 aromatic carbocycles. The van der Waals surface area contributed by atoms with Crippen LogP contribution in [0.4, 0.5) is 5.69 Å². The fraction of sp³-hybridized carbons (Fsp3) is 0.667. The topological polar surface area (TPSA) is 78.3 Å². The van der Waals surface area contributed by atoms with Crippen molar-refractivity contribution >= 4 is 11.7 Å². The van der Waals surface area contributed by atoms with Crippen molar-refractivity contribution in [3.63, 3.8) is 0 Å². The van der Waals surface area contributed by atoms with E-state index in [0.29, 0.717) is 24.1 Å². The molecule has 0 amide bonds. The molecular weight excluding hydrogens is 268 g/mol. The largest absolute Gasteiger partial charge is 0.476 e. The number of nitrogens with zero attached hydrogens (tertiary/aromatic N) is 3. The average molecular weight is 294 g/mol. The van der Waals surface area contributed by atoms with Gasteiger partial charge in [-0.1, -0.05) is 20.8 Å². The first-order valence-electron chi connectivity index (χ1n) is 7.41. The van der Waals surface area contributed by atoms with Gasteiger partial charge in [-0.2, -0.15) is 0 Å². The summed E-state index contributed by atoms with van der Waals surface area (Å²) >= 11 is 0. The van der Waals surface area contributed by atoms with Crippen molar-refractivity contribution < 1.29 is 9.90 Å². The number of carboxylic acid groups (broad SMARTS) is 1. The highest BCUT2D eigenvalue weighted by Gasteiger charge is 2.15. The third kappa shape index (κ3) is 4.97. The number of hydrogen-bond donors (Lipinski definition) is 2. The molecule has 0 fully saturated rings. The first-order valence-corrected chi connectivity index (χ1v) is 7.41. The predicted molar refractivity (Wildman–Crippen MR) is 84.0 cm³/mol. The molecule has 118 valence electrons. The van der Waals surface area contributed by atoms with Crippen molar-refractivity contribution in [1.29, 1.82) is 0 Å². The Hall–Kier alpha value is -1.69. The normalized spacial score (nSPS) is 12.7. The maximum absolute atomic E-state index is 11.3. The predicted octanol–water partition coefficient (Wildman–Crippen LogP) is 2.44. The third-order valence-corrected chi connectivity index (χ3v) is 3.65. The number of rotatable bonds is 8. The summed E-state index contributed by atoms with van der Waals surface area (Å²) < 4.78 is 0. The van der Waals surface area contributed by atoms with Crippen molar-refractivity contribution in [2.24, 2.45) is 0 Å². The van der Waals surface area contributed by atoms with E-state index < -0.39 is 5.97 Å². The second-order valence-electron chi connectivity index (χ2n) is 5.61. The van der Waals surface area contributed by atoms with Crippen LogP contribution in [0.2, 0.25) is 0 Å². The Bertz CT molecular complexity index is 477. The van der Waals surface area contributed by atoms with Crippen LogP contribution < -0.4 is 5.32 Å². The number of likely N-dealkylation sites (N-methyl/N-ethyl adjacent to an activating group) is 1. The zero-order valence-electron chi connectivity index (χ0n) is 13.6. The van der Waals surface area contributed by atoms with Crippen molar-refractivity contribution in [2.75, 3.05) is 25.5 Å². The number of nitrogens with one attached hydrogen (secondary N) is 1. The van der Waals surface area contributed by atoms with E-state index in [9.17, 15) is 9.90 Å². The molecule has 0 radical (unpaired) electrons. The summed E-state index contributed by atoms with van der Waals surface area (Å²) in [6.07, 6.45) is 2.65. The molecule has 21 heavy (non-hydrogen) atoms. The molecule has 1 aromatic heterocycles. The van der Waals surface area contributed by atoms with Crippen LogP contribution in [0.15, 0.2) is 6.20 Å². The molecule has 1 unspecified atom stereocenters. The maximum atomic E-state index is 11.3. The number of hydrogen-bond acceptors (Lipinski definition) is 5. The van der Waals surface area contributed by atoms with E-state index in [1.54, 1.807) is 6.20 Å². The van der Waals surface area contributed by atoms with Gasteiger partial charge in [0, 0.05) is 25.0 Å². The lowest BCUT2D eigenvalue weighted by Gasteiger charge is -2.23. The molecule has 0 aliphatic rings. The number of aromatic carboxylic acids is 1. The van der Waals surface area contributed by atoms with Crippen LogP contribution in [0.5, 0.6) is 0 Å². The Morgan fingerprint density at radius 3 is 2.62 bits per heavy atom. The van der Waals surface area contributed by atoms with Gasteiger partial charge in [-0.15, -0.1) is 0 Å². The molecule has 1 heterocycles. The molecule has 0 saturated carbocycles. The highest BCUT2D eigenvalue weighted by Crippen LogP contribution is 2.16. The minimum Gasteiger partial charge on any atom is -0.476 e. The number of anilines is 1. The minimum atomic E-state index is -1.03. The van der Waals surface area contributed by atoms with Crippen LogP contribution in [0.3, 0.4) is 0 Å². The number of carboxylic acids is 1. The van der Waals surface area contributed by atoms with Gasteiger partial charge in [-0.05, 0) is 20.4 Å². The van der Waals surface area contributed by atoms with E-state index in [4.69, 9.17) is 0 Å². The van der Waals surface area contributed by atoms with E-state index in [-0.39, 0.29) is 11.6 Å². The lowest BCUT2D eigenvalue weighted by Crippen LogP contribution is -2.33. The van der Waals surface area contributed by atoms with E-state index in [0.717, 1.165) is 13.0 Å². The van der Waals surface area contributed by atoms with Gasteiger partial charge in [0.2, 0.25) is 0 Å². The van der Waals surface area contributed by atoms with E-state index in [2.05, 4.69) is 41.1 Å². The quantitative estimate of drug-likeness (QED) is 0.766. The fourth-order valence-electron chi connectivity index (χ4n) is 1.87. The second kappa shape index (κ2) is 7.93. The Morgan fingerprint density at radius 2 is 2.10 bits per heavy atom. The van der Waals surface area contributed by atoms with Gasteiger partial charge < -0.3 is 15.3 Å². The molecule has 0 spiro atoms. The standard InChI is InChI=1S/C15H26N4O2/c1-6-11(4)19(5)8-7-16-12-9-17-14(10(2)3)18-13(12)15(20)21/h9-11,16H,6-8H2,1-5H3,(H,20,21).